The molecule has 0 radical (unpaired) electrons. The van der Waals surface area contributed by atoms with E-state index in [9.17, 15) is 0 Å². The Morgan fingerprint density at radius 2 is 2.31 bits per heavy atom. The van der Waals surface area contributed by atoms with Crippen LogP contribution in [0.1, 0.15) is 17.3 Å². The Labute approximate surface area is 94.6 Å². The molecule has 1 fully saturated rings. The fourth-order valence-corrected chi connectivity index (χ4v) is 2.00. The molecule has 6 heteroatoms. The molecule has 2 rings (SSSR count). The Hall–Kier alpha value is -1.58. The number of piperazine rings is 1. The number of nitrogens with two attached hydrogens (primary N) is 1. The van der Waals surface area contributed by atoms with Crippen molar-refractivity contribution >= 4 is 5.82 Å². The van der Waals surface area contributed by atoms with Crippen molar-refractivity contribution in [3.63, 3.8) is 0 Å². The van der Waals surface area contributed by atoms with Crippen LogP contribution in [-0.4, -0.2) is 41.4 Å². The van der Waals surface area contributed by atoms with Gasteiger partial charge < -0.3 is 16.0 Å². The van der Waals surface area contributed by atoms with Crippen LogP contribution in [0.25, 0.3) is 0 Å². The maximum atomic E-state index is 9.08. The molecule has 16 heavy (non-hydrogen) atoms. The number of nitrogen functional groups attached to an aromatic ring is 1. The van der Waals surface area contributed by atoms with E-state index in [4.69, 9.17) is 11.0 Å². The topological polar surface area (TPSA) is 82.9 Å². The molecule has 1 unspecified atom stereocenters. The number of rotatable bonds is 1. The summed E-state index contributed by atoms with van der Waals surface area (Å²) in [6.45, 7) is 2.77. The van der Waals surface area contributed by atoms with Crippen LogP contribution in [0.15, 0.2) is 0 Å². The lowest BCUT2D eigenvalue weighted by atomic mass is 10.1. The summed E-state index contributed by atoms with van der Waals surface area (Å²) in [6.07, 6.45) is 0. The van der Waals surface area contributed by atoms with Crippen LogP contribution < -0.4 is 11.1 Å². The minimum Gasteiger partial charge on any atom is -0.383 e. The van der Waals surface area contributed by atoms with Crippen molar-refractivity contribution in [2.75, 3.05) is 32.4 Å². The summed E-state index contributed by atoms with van der Waals surface area (Å²) in [5.74, 6) is 0.438. The van der Waals surface area contributed by atoms with Gasteiger partial charge in [0.1, 0.15) is 23.1 Å². The maximum absolute atomic E-state index is 9.08. The molecule has 1 aromatic rings. The van der Waals surface area contributed by atoms with Crippen LogP contribution in [0.5, 0.6) is 0 Å². The van der Waals surface area contributed by atoms with Crippen molar-refractivity contribution in [3.8, 4) is 6.07 Å². The van der Waals surface area contributed by atoms with Gasteiger partial charge in [-0.15, -0.1) is 0 Å². The van der Waals surface area contributed by atoms with E-state index in [0.717, 1.165) is 25.3 Å². The molecule has 0 amide bonds. The molecular weight excluding hydrogens is 204 g/mol. The van der Waals surface area contributed by atoms with Crippen molar-refractivity contribution in [1.82, 2.24) is 20.0 Å². The molecule has 0 aromatic carbocycles. The van der Waals surface area contributed by atoms with Gasteiger partial charge >= 0.3 is 0 Å². The number of nitrogens with zero attached hydrogens (tertiary/aromatic N) is 4. The number of aryl methyl sites for hydroxylation is 1. The third-order valence-electron chi connectivity index (χ3n) is 2.94. The summed E-state index contributed by atoms with van der Waals surface area (Å²) in [5, 5.41) is 16.8. The van der Waals surface area contributed by atoms with E-state index in [-0.39, 0.29) is 6.04 Å². The van der Waals surface area contributed by atoms with Crippen molar-refractivity contribution in [2.24, 2.45) is 7.05 Å². The quantitative estimate of drug-likeness (QED) is 0.663. The molecule has 0 bridgehead atoms. The molecule has 2 heterocycles. The third kappa shape index (κ3) is 1.75. The molecule has 1 aliphatic heterocycles. The van der Waals surface area contributed by atoms with E-state index in [2.05, 4.69) is 28.4 Å². The number of anilines is 1. The lowest BCUT2D eigenvalue weighted by molar-refractivity contribution is 0.237. The predicted molar refractivity (Wildman–Crippen MR) is 60.6 cm³/mol. The first-order valence-electron chi connectivity index (χ1n) is 5.28. The molecule has 3 N–H and O–H groups in total. The zero-order valence-electron chi connectivity index (χ0n) is 9.56. The molecule has 1 saturated heterocycles. The highest BCUT2D eigenvalue weighted by molar-refractivity contribution is 5.53. The largest absolute Gasteiger partial charge is 0.383 e. The minimum absolute atomic E-state index is 0.0944. The first kappa shape index (κ1) is 10.9. The molecule has 1 atom stereocenters. The van der Waals surface area contributed by atoms with Gasteiger partial charge in [-0.3, -0.25) is 4.68 Å². The van der Waals surface area contributed by atoms with E-state index in [0.29, 0.717) is 11.4 Å². The molecular formula is C10H16N6. The predicted octanol–water partition coefficient (Wildman–Crippen LogP) is -0.550. The average molecular weight is 220 g/mol. The van der Waals surface area contributed by atoms with Gasteiger partial charge in [-0.2, -0.15) is 10.4 Å². The van der Waals surface area contributed by atoms with Gasteiger partial charge in [0.15, 0.2) is 0 Å². The summed E-state index contributed by atoms with van der Waals surface area (Å²) in [7, 11) is 3.82. The fraction of sp³-hybridized carbons (Fsp3) is 0.600. The van der Waals surface area contributed by atoms with Crippen molar-refractivity contribution in [2.45, 2.75) is 6.04 Å². The first-order valence-corrected chi connectivity index (χ1v) is 5.28. The standard InChI is InChI=1S/C10H16N6/c1-15-4-3-13-8(6-15)9-7(5-11)10(12)16(2)14-9/h8,13H,3-4,6,12H2,1-2H3. The zero-order chi connectivity index (χ0) is 11.7. The molecule has 0 spiro atoms. The number of hydrogen-bond acceptors (Lipinski definition) is 5. The van der Waals surface area contributed by atoms with Gasteiger partial charge in [-0.25, -0.2) is 0 Å². The van der Waals surface area contributed by atoms with E-state index in [1.54, 1.807) is 11.7 Å². The highest BCUT2D eigenvalue weighted by atomic mass is 15.3. The van der Waals surface area contributed by atoms with Crippen molar-refractivity contribution in [3.05, 3.63) is 11.3 Å². The van der Waals surface area contributed by atoms with Gasteiger partial charge in [-0.1, -0.05) is 0 Å². The molecule has 0 aliphatic carbocycles. The number of hydrogen-bond donors (Lipinski definition) is 2. The van der Waals surface area contributed by atoms with Crippen LogP contribution in [0.3, 0.4) is 0 Å². The van der Waals surface area contributed by atoms with Gasteiger partial charge in [0.25, 0.3) is 0 Å². The molecule has 0 saturated carbocycles. The SMILES string of the molecule is CN1CCNC(c2nn(C)c(N)c2C#N)C1. The lowest BCUT2D eigenvalue weighted by Gasteiger charge is -2.29. The summed E-state index contributed by atoms with van der Waals surface area (Å²) in [4.78, 5) is 2.22. The second-order valence-electron chi connectivity index (χ2n) is 4.15. The monoisotopic (exact) mass is 220 g/mol. The fourth-order valence-electron chi connectivity index (χ4n) is 2.00. The van der Waals surface area contributed by atoms with Crippen LogP contribution in [0.2, 0.25) is 0 Å². The zero-order valence-corrected chi connectivity index (χ0v) is 9.56. The number of aromatic nitrogens is 2. The van der Waals surface area contributed by atoms with E-state index < -0.39 is 0 Å². The van der Waals surface area contributed by atoms with Crippen molar-refractivity contribution < 1.29 is 0 Å². The average Bonchev–Trinajstić information content (AvgIpc) is 2.55. The maximum Gasteiger partial charge on any atom is 0.139 e. The number of likely N-dealkylation sites (N-methyl/N-ethyl adjacent to an activating group) is 1. The number of nitriles is 1. The smallest absolute Gasteiger partial charge is 0.139 e. The van der Waals surface area contributed by atoms with E-state index in [1.165, 1.54) is 0 Å². The summed E-state index contributed by atoms with van der Waals surface area (Å²) in [5.41, 5.74) is 7.05. The van der Waals surface area contributed by atoms with Crippen LogP contribution >= 0.6 is 0 Å². The van der Waals surface area contributed by atoms with Gasteiger partial charge in [-0.05, 0) is 7.05 Å². The normalized spacial score (nSPS) is 21.9. The Kier molecular flexibility index (Phi) is 2.81. The molecule has 1 aromatic heterocycles. The lowest BCUT2D eigenvalue weighted by Crippen LogP contribution is -2.44. The summed E-state index contributed by atoms with van der Waals surface area (Å²) in [6, 6.07) is 2.22. The summed E-state index contributed by atoms with van der Waals surface area (Å²) < 4.78 is 1.56. The Bertz CT molecular complexity index is 429. The van der Waals surface area contributed by atoms with Gasteiger partial charge in [0, 0.05) is 26.7 Å². The van der Waals surface area contributed by atoms with E-state index in [1.807, 2.05) is 0 Å². The minimum atomic E-state index is 0.0944. The highest BCUT2D eigenvalue weighted by Gasteiger charge is 2.25. The second kappa shape index (κ2) is 4.12. The molecule has 1 aliphatic rings. The van der Waals surface area contributed by atoms with Crippen LogP contribution in [0.4, 0.5) is 5.82 Å². The first-order chi connectivity index (χ1) is 7.63. The van der Waals surface area contributed by atoms with Gasteiger partial charge in [0.05, 0.1) is 6.04 Å². The highest BCUT2D eigenvalue weighted by Crippen LogP contribution is 2.23. The van der Waals surface area contributed by atoms with Gasteiger partial charge in [0.2, 0.25) is 0 Å². The summed E-state index contributed by atoms with van der Waals surface area (Å²) >= 11 is 0. The molecule has 6 nitrogen and oxygen atoms in total. The van der Waals surface area contributed by atoms with Crippen LogP contribution in [0, 0.1) is 11.3 Å². The Balaban J connectivity index is 2.33. The second-order valence-corrected chi connectivity index (χ2v) is 4.15. The van der Waals surface area contributed by atoms with Crippen molar-refractivity contribution in [1.29, 1.82) is 5.26 Å². The number of nitrogens with one attached hydrogen (secondary N) is 1. The van der Waals surface area contributed by atoms with Crippen LogP contribution in [-0.2, 0) is 7.05 Å². The van der Waals surface area contributed by atoms with E-state index >= 15 is 0 Å². The molecule has 86 valence electrons. The Morgan fingerprint density at radius 1 is 1.56 bits per heavy atom. The third-order valence-corrected chi connectivity index (χ3v) is 2.94. The Morgan fingerprint density at radius 3 is 2.94 bits per heavy atom.